The molecule has 3 aromatic carbocycles. The summed E-state index contributed by atoms with van der Waals surface area (Å²) in [5.41, 5.74) is 1.84. The zero-order valence-corrected chi connectivity index (χ0v) is 20.5. The first-order chi connectivity index (χ1) is 16.8. The van der Waals surface area contributed by atoms with Crippen molar-refractivity contribution in [2.45, 2.75) is 43.7 Å². The van der Waals surface area contributed by atoms with Gasteiger partial charge in [0.25, 0.3) is 0 Å². The maximum absolute atomic E-state index is 13.4. The molecule has 8 heteroatoms. The molecule has 4 rings (SSSR count). The van der Waals surface area contributed by atoms with Gasteiger partial charge in [-0.05, 0) is 29.0 Å². The van der Waals surface area contributed by atoms with Crippen LogP contribution >= 0.6 is 0 Å². The van der Waals surface area contributed by atoms with Crippen molar-refractivity contribution >= 4 is 43.9 Å². The van der Waals surface area contributed by atoms with E-state index < -0.39 is 28.0 Å². The van der Waals surface area contributed by atoms with Crippen molar-refractivity contribution in [3.8, 4) is 0 Å². The van der Waals surface area contributed by atoms with Crippen molar-refractivity contribution in [3.05, 3.63) is 78.5 Å². The number of para-hydroxylation sites is 1. The molecule has 1 unspecified atom stereocenters. The lowest BCUT2D eigenvalue weighted by atomic mass is 9.98. The molecule has 1 amide bonds. The summed E-state index contributed by atoms with van der Waals surface area (Å²) in [6.45, 7) is 3.70. The minimum Gasteiger partial charge on any atom is -0.361 e. The Morgan fingerprint density at radius 2 is 1.69 bits per heavy atom. The van der Waals surface area contributed by atoms with E-state index in [1.54, 1.807) is 18.2 Å². The van der Waals surface area contributed by atoms with Gasteiger partial charge in [0, 0.05) is 28.9 Å². The third kappa shape index (κ3) is 5.28. The van der Waals surface area contributed by atoms with Crippen molar-refractivity contribution in [2.24, 2.45) is 5.92 Å². The highest BCUT2D eigenvalue weighted by atomic mass is 32.2. The first-order valence-electron chi connectivity index (χ1n) is 11.6. The Bertz CT molecular complexity index is 1460. The van der Waals surface area contributed by atoms with Crippen LogP contribution in [0.25, 0.3) is 21.7 Å². The number of aromatic amines is 1. The van der Waals surface area contributed by atoms with Gasteiger partial charge in [-0.15, -0.1) is 0 Å². The first-order valence-corrected chi connectivity index (χ1v) is 13.1. The summed E-state index contributed by atoms with van der Waals surface area (Å²) in [6, 6.07) is 18.1. The zero-order chi connectivity index (χ0) is 25.0. The molecule has 1 aromatic heterocycles. The van der Waals surface area contributed by atoms with Crippen LogP contribution in [0.1, 0.15) is 25.8 Å². The molecule has 0 radical (unpaired) electrons. The molecule has 0 aliphatic rings. The lowest BCUT2D eigenvalue weighted by Crippen LogP contribution is -2.53. The second-order valence-electron chi connectivity index (χ2n) is 8.78. The quantitative estimate of drug-likeness (QED) is 0.292. The van der Waals surface area contributed by atoms with Gasteiger partial charge < -0.3 is 15.1 Å². The summed E-state index contributed by atoms with van der Waals surface area (Å²) in [6.07, 6.45) is 3.38. The molecular weight excluding hydrogens is 462 g/mol. The van der Waals surface area contributed by atoms with Crippen LogP contribution in [0.5, 0.6) is 0 Å². The summed E-state index contributed by atoms with van der Waals surface area (Å²) >= 11 is 0. The number of carbonyl (C=O) groups is 2. The van der Waals surface area contributed by atoms with Crippen LogP contribution in [-0.4, -0.2) is 37.7 Å². The van der Waals surface area contributed by atoms with Gasteiger partial charge in [0.1, 0.15) is 12.3 Å². The summed E-state index contributed by atoms with van der Waals surface area (Å²) in [5.74, 6) is -0.819. The van der Waals surface area contributed by atoms with Crippen LogP contribution in [0.3, 0.4) is 0 Å². The van der Waals surface area contributed by atoms with Crippen LogP contribution < -0.4 is 10.0 Å². The van der Waals surface area contributed by atoms with Gasteiger partial charge in [0.05, 0.1) is 10.9 Å². The SMILES string of the molecule is CCC(C)[C@H](NS(=O)(=O)c1cccc2ccccc12)C(=O)N[C@@H](C=O)Cc1c[nH]c2ccccc12. The largest absolute Gasteiger partial charge is 0.361 e. The second-order valence-corrected chi connectivity index (χ2v) is 10.5. The fourth-order valence-electron chi connectivity index (χ4n) is 4.27. The minimum atomic E-state index is -4.01. The fourth-order valence-corrected chi connectivity index (χ4v) is 5.80. The fraction of sp³-hybridized carbons (Fsp3) is 0.259. The van der Waals surface area contributed by atoms with Crippen LogP contribution in [0, 0.1) is 5.92 Å². The van der Waals surface area contributed by atoms with Gasteiger partial charge in [-0.2, -0.15) is 4.72 Å². The van der Waals surface area contributed by atoms with E-state index in [0.717, 1.165) is 21.9 Å². The van der Waals surface area contributed by atoms with E-state index in [1.807, 2.05) is 62.5 Å². The van der Waals surface area contributed by atoms with Crippen LogP contribution in [0.4, 0.5) is 0 Å². The van der Waals surface area contributed by atoms with E-state index in [-0.39, 0.29) is 10.8 Å². The maximum atomic E-state index is 13.4. The smallest absolute Gasteiger partial charge is 0.241 e. The van der Waals surface area contributed by atoms with E-state index in [0.29, 0.717) is 24.5 Å². The molecule has 0 fully saturated rings. The van der Waals surface area contributed by atoms with E-state index in [4.69, 9.17) is 0 Å². The predicted molar refractivity (Wildman–Crippen MR) is 138 cm³/mol. The van der Waals surface area contributed by atoms with Crippen LogP contribution in [0.15, 0.2) is 77.8 Å². The van der Waals surface area contributed by atoms with E-state index >= 15 is 0 Å². The molecule has 3 atom stereocenters. The average Bonchev–Trinajstić information content (AvgIpc) is 3.28. The Morgan fingerprint density at radius 1 is 1.00 bits per heavy atom. The Hall–Kier alpha value is -3.49. The number of hydrogen-bond acceptors (Lipinski definition) is 4. The number of amides is 1. The number of rotatable bonds is 10. The third-order valence-corrected chi connectivity index (χ3v) is 7.92. The number of hydrogen-bond donors (Lipinski definition) is 3. The Kier molecular flexibility index (Phi) is 7.33. The Balaban J connectivity index is 1.56. The predicted octanol–water partition coefficient (Wildman–Crippen LogP) is 3.94. The van der Waals surface area contributed by atoms with Crippen LogP contribution in [-0.2, 0) is 26.0 Å². The van der Waals surface area contributed by atoms with Gasteiger partial charge in [0.15, 0.2) is 0 Å². The highest BCUT2D eigenvalue weighted by Gasteiger charge is 2.31. The maximum Gasteiger partial charge on any atom is 0.241 e. The number of benzene rings is 3. The molecule has 35 heavy (non-hydrogen) atoms. The Morgan fingerprint density at radius 3 is 2.43 bits per heavy atom. The van der Waals surface area contributed by atoms with Gasteiger partial charge in [0.2, 0.25) is 15.9 Å². The molecule has 7 nitrogen and oxygen atoms in total. The summed E-state index contributed by atoms with van der Waals surface area (Å²) in [7, 11) is -4.01. The van der Waals surface area contributed by atoms with Gasteiger partial charge >= 0.3 is 0 Å². The molecule has 0 saturated carbocycles. The molecule has 0 aliphatic carbocycles. The van der Waals surface area contributed by atoms with Gasteiger partial charge in [-0.25, -0.2) is 8.42 Å². The Labute approximate surface area is 205 Å². The first kappa shape index (κ1) is 24.6. The number of sulfonamides is 1. The number of carbonyl (C=O) groups excluding carboxylic acids is 2. The van der Waals surface area contributed by atoms with E-state index in [2.05, 4.69) is 15.0 Å². The molecule has 4 aromatic rings. The van der Waals surface area contributed by atoms with Crippen molar-refractivity contribution in [2.75, 3.05) is 0 Å². The second kappa shape index (κ2) is 10.4. The molecule has 182 valence electrons. The van der Waals surface area contributed by atoms with E-state index in [1.165, 1.54) is 6.07 Å². The summed E-state index contributed by atoms with van der Waals surface area (Å²) in [5, 5.41) is 5.09. The summed E-state index contributed by atoms with van der Waals surface area (Å²) < 4.78 is 29.4. The third-order valence-electron chi connectivity index (χ3n) is 6.42. The molecule has 0 aliphatic heterocycles. The molecule has 1 heterocycles. The highest BCUT2D eigenvalue weighted by Crippen LogP contribution is 2.24. The van der Waals surface area contributed by atoms with Crippen molar-refractivity contribution in [1.29, 1.82) is 0 Å². The number of fused-ring (bicyclic) bond motifs is 2. The van der Waals surface area contributed by atoms with Gasteiger partial charge in [-0.3, -0.25) is 4.79 Å². The summed E-state index contributed by atoms with van der Waals surface area (Å²) in [4.78, 5) is 28.4. The van der Waals surface area contributed by atoms with E-state index in [9.17, 15) is 18.0 Å². The molecular formula is C27H29N3O4S. The normalized spacial score (nSPS) is 14.5. The number of aldehydes is 1. The van der Waals surface area contributed by atoms with Crippen molar-refractivity contribution in [3.63, 3.8) is 0 Å². The average molecular weight is 492 g/mol. The monoisotopic (exact) mass is 491 g/mol. The van der Waals surface area contributed by atoms with Crippen molar-refractivity contribution < 1.29 is 18.0 Å². The topological polar surface area (TPSA) is 108 Å². The van der Waals surface area contributed by atoms with Crippen LogP contribution in [0.2, 0.25) is 0 Å². The standard InChI is InChI=1S/C27H29N3O4S/c1-3-18(2)26(30-35(33,34)25-14-8-10-19-9-4-5-12-23(19)25)27(32)29-21(17-31)15-20-16-28-24-13-7-6-11-22(20)24/h4-14,16-18,21,26,28,30H,3,15H2,1-2H3,(H,29,32)/t18?,21-,26+/m1/s1. The molecule has 0 spiro atoms. The lowest BCUT2D eigenvalue weighted by Gasteiger charge is -2.25. The zero-order valence-electron chi connectivity index (χ0n) is 19.7. The molecule has 3 N–H and O–H groups in total. The number of aromatic nitrogens is 1. The minimum absolute atomic E-state index is 0.113. The van der Waals surface area contributed by atoms with Crippen molar-refractivity contribution in [1.82, 2.24) is 15.0 Å². The molecule has 0 bridgehead atoms. The number of H-pyrrole nitrogens is 1. The molecule has 0 saturated heterocycles. The van der Waals surface area contributed by atoms with Gasteiger partial charge in [-0.1, -0.05) is 74.9 Å². The lowest BCUT2D eigenvalue weighted by molar-refractivity contribution is -0.126. The number of nitrogens with one attached hydrogen (secondary N) is 3. The highest BCUT2D eigenvalue weighted by molar-refractivity contribution is 7.89.